The van der Waals surface area contributed by atoms with Gasteiger partial charge in [0.05, 0.1) is 11.2 Å². The molecule has 17 heteroatoms. The Hall–Kier alpha value is -3.03. The van der Waals surface area contributed by atoms with Crippen LogP contribution >= 0.6 is 27.0 Å². The van der Waals surface area contributed by atoms with Crippen LogP contribution in [0.3, 0.4) is 0 Å². The minimum absolute atomic E-state index is 0.00303. The van der Waals surface area contributed by atoms with Crippen LogP contribution in [0.4, 0.5) is 14.9 Å². The van der Waals surface area contributed by atoms with Crippen molar-refractivity contribution in [2.45, 2.75) is 35.6 Å². The molecule has 2 fully saturated rings. The molecular formula is C26H28FN3O10P2S. The number of carboxylic acids is 1. The third kappa shape index (κ3) is 6.88. The van der Waals surface area contributed by atoms with E-state index in [4.69, 9.17) is 0 Å². The Labute approximate surface area is 248 Å². The number of benzene rings is 2. The fraction of sp³-hybridized carbons (Fsp3) is 0.346. The summed E-state index contributed by atoms with van der Waals surface area (Å²) in [5.74, 6) is -2.03. The summed E-state index contributed by atoms with van der Waals surface area (Å²) in [6.07, 6.45) is 2.43. The number of aromatic nitrogens is 1. The second kappa shape index (κ2) is 11.8. The van der Waals surface area contributed by atoms with Gasteiger partial charge in [-0.2, -0.15) is 0 Å². The van der Waals surface area contributed by atoms with Crippen molar-refractivity contribution in [1.82, 2.24) is 9.47 Å². The highest BCUT2D eigenvalue weighted by molar-refractivity contribution is 8.13. The summed E-state index contributed by atoms with van der Waals surface area (Å²) in [7, 11) is -10.1. The molecule has 0 bridgehead atoms. The summed E-state index contributed by atoms with van der Waals surface area (Å²) in [5.41, 5.74) is -0.153. The van der Waals surface area contributed by atoms with Crippen molar-refractivity contribution in [2.24, 2.45) is 0 Å². The van der Waals surface area contributed by atoms with Crippen molar-refractivity contribution in [2.75, 3.05) is 31.1 Å². The predicted octanol–water partition coefficient (Wildman–Crippen LogP) is 3.43. The summed E-state index contributed by atoms with van der Waals surface area (Å²) in [6.45, 7) is 1.17. The number of hydrogen-bond acceptors (Lipinski definition) is 7. The van der Waals surface area contributed by atoms with E-state index in [1.165, 1.54) is 30.5 Å². The molecule has 1 aromatic heterocycles. The molecule has 1 amide bonds. The molecule has 43 heavy (non-hydrogen) atoms. The maximum atomic E-state index is 15.2. The number of pyridine rings is 1. The molecule has 1 saturated heterocycles. The molecule has 0 unspecified atom stereocenters. The zero-order valence-corrected chi connectivity index (χ0v) is 25.1. The SMILES string of the molecule is O=C(O)c1cn(C2CC2)c2cc(N3CCN(C(=O)Sc4ccc(CC(P(=O)(O)O)P(=O)(O)O)cc4)CC3)c(F)cc2c1=O. The van der Waals surface area contributed by atoms with Crippen LogP contribution in [0.15, 0.2) is 52.3 Å². The largest absolute Gasteiger partial charge is 0.477 e. The lowest BCUT2D eigenvalue weighted by Gasteiger charge is -2.36. The molecule has 0 radical (unpaired) electrons. The number of hydrogen-bond donors (Lipinski definition) is 5. The van der Waals surface area contributed by atoms with E-state index in [1.54, 1.807) is 20.4 Å². The van der Waals surface area contributed by atoms with Crippen molar-refractivity contribution >= 4 is 54.8 Å². The summed E-state index contributed by atoms with van der Waals surface area (Å²) >= 11 is 0.909. The Morgan fingerprint density at radius 3 is 2.12 bits per heavy atom. The van der Waals surface area contributed by atoms with E-state index in [0.717, 1.165) is 30.7 Å². The second-order valence-electron chi connectivity index (χ2n) is 10.5. The number of amides is 1. The highest BCUT2D eigenvalue weighted by Gasteiger charge is 2.43. The quantitative estimate of drug-likeness (QED) is 0.175. The van der Waals surface area contributed by atoms with Crippen LogP contribution in [0, 0.1) is 5.82 Å². The van der Waals surface area contributed by atoms with Crippen LogP contribution < -0.4 is 10.3 Å². The van der Waals surface area contributed by atoms with E-state index in [9.17, 15) is 48.2 Å². The molecule has 230 valence electrons. The zero-order chi connectivity index (χ0) is 31.3. The number of nitrogens with zero attached hydrogens (tertiary/aromatic N) is 3. The Morgan fingerprint density at radius 2 is 1.58 bits per heavy atom. The lowest BCUT2D eigenvalue weighted by Crippen LogP contribution is -2.48. The van der Waals surface area contributed by atoms with Gasteiger partial charge in [0.15, 0.2) is 5.40 Å². The highest BCUT2D eigenvalue weighted by atomic mass is 32.2. The first-order valence-corrected chi connectivity index (χ1v) is 17.3. The predicted molar refractivity (Wildman–Crippen MR) is 156 cm³/mol. The van der Waals surface area contributed by atoms with E-state index in [-0.39, 0.29) is 41.0 Å². The number of carboxylic acid groups (broad SMARTS) is 1. The number of piperazine rings is 1. The van der Waals surface area contributed by atoms with Gasteiger partial charge in [-0.05, 0) is 60.9 Å². The molecule has 3 aromatic rings. The van der Waals surface area contributed by atoms with Gasteiger partial charge in [0.1, 0.15) is 11.4 Å². The number of thioether (sulfide) groups is 1. The molecular weight excluding hydrogens is 627 g/mol. The maximum absolute atomic E-state index is 15.2. The number of carbonyl (C=O) groups excluding carboxylic acids is 1. The molecule has 5 N–H and O–H groups in total. The first-order valence-electron chi connectivity index (χ1n) is 13.2. The molecule has 1 aliphatic heterocycles. The van der Waals surface area contributed by atoms with Crippen LogP contribution in [-0.4, -0.2) is 76.9 Å². The topological polar surface area (TPSA) is 198 Å². The number of fused-ring (bicyclic) bond motifs is 1. The van der Waals surface area contributed by atoms with Crippen LogP contribution in [0.2, 0.25) is 0 Å². The Bertz CT molecular complexity index is 1720. The van der Waals surface area contributed by atoms with Gasteiger partial charge in [-0.15, -0.1) is 0 Å². The zero-order valence-electron chi connectivity index (χ0n) is 22.4. The van der Waals surface area contributed by atoms with Gasteiger partial charge in [-0.25, -0.2) is 9.18 Å². The van der Waals surface area contributed by atoms with Gasteiger partial charge >= 0.3 is 21.2 Å². The fourth-order valence-corrected chi connectivity index (χ4v) is 8.29. The third-order valence-corrected chi connectivity index (χ3v) is 12.1. The van der Waals surface area contributed by atoms with E-state index < -0.39 is 49.8 Å². The van der Waals surface area contributed by atoms with Gasteiger partial charge in [0, 0.05) is 48.7 Å². The lowest BCUT2D eigenvalue weighted by atomic mass is 10.1. The molecule has 2 aromatic carbocycles. The summed E-state index contributed by atoms with van der Waals surface area (Å²) in [6, 6.07) is 8.60. The molecule has 0 spiro atoms. The normalized spacial score (nSPS) is 16.2. The minimum atomic E-state index is -5.06. The van der Waals surface area contributed by atoms with Crippen molar-refractivity contribution < 1.29 is 47.8 Å². The molecule has 1 aliphatic carbocycles. The van der Waals surface area contributed by atoms with Crippen LogP contribution in [0.1, 0.15) is 34.8 Å². The van der Waals surface area contributed by atoms with E-state index in [1.807, 2.05) is 0 Å². The number of anilines is 1. The van der Waals surface area contributed by atoms with Crippen LogP contribution in [0.5, 0.6) is 0 Å². The third-order valence-electron chi connectivity index (χ3n) is 7.47. The van der Waals surface area contributed by atoms with Gasteiger partial charge in [0.25, 0.3) is 5.24 Å². The maximum Gasteiger partial charge on any atom is 0.341 e. The Morgan fingerprint density at radius 1 is 0.977 bits per heavy atom. The lowest BCUT2D eigenvalue weighted by molar-refractivity contribution is 0.0694. The molecule has 13 nitrogen and oxygen atoms in total. The van der Waals surface area contributed by atoms with Crippen molar-refractivity contribution in [1.29, 1.82) is 0 Å². The fourth-order valence-electron chi connectivity index (χ4n) is 5.04. The van der Waals surface area contributed by atoms with Crippen LogP contribution in [-0.2, 0) is 15.6 Å². The Balaban J connectivity index is 1.25. The van der Waals surface area contributed by atoms with Crippen molar-refractivity contribution in [3.63, 3.8) is 0 Å². The smallest absolute Gasteiger partial charge is 0.341 e. The van der Waals surface area contributed by atoms with E-state index in [0.29, 0.717) is 23.5 Å². The molecule has 0 atom stereocenters. The van der Waals surface area contributed by atoms with Crippen molar-refractivity contribution in [3.05, 3.63) is 69.8 Å². The average molecular weight is 656 g/mol. The molecule has 5 rings (SSSR count). The summed E-state index contributed by atoms with van der Waals surface area (Å²) < 4.78 is 40.1. The first-order chi connectivity index (χ1) is 20.1. The standard InChI is InChI=1S/C26H28FN3O10P2S/c27-20-12-18-21(30(16-3-4-16)14-19(24(18)31)25(32)33)13-22(20)28-7-9-29(10-8-28)26(34)43-17-5-1-15(2-6-17)11-23(41(35,36)37)42(38,39)40/h1-2,5-6,12-14,16,23H,3-4,7-11H2,(H,32,33)(H2,35,36,37)(H2,38,39,40). The van der Waals surface area contributed by atoms with Gasteiger partial charge < -0.3 is 39.0 Å². The molecule has 1 saturated carbocycles. The van der Waals surface area contributed by atoms with E-state index in [2.05, 4.69) is 0 Å². The first kappa shape index (κ1) is 31.4. The Kier molecular flexibility index (Phi) is 8.62. The number of aromatic carboxylic acids is 1. The van der Waals surface area contributed by atoms with Gasteiger partial charge in [-0.3, -0.25) is 18.7 Å². The number of carbonyl (C=O) groups is 2. The summed E-state index contributed by atoms with van der Waals surface area (Å²) in [4.78, 5) is 78.4. The minimum Gasteiger partial charge on any atom is -0.477 e. The molecule has 2 aliphatic rings. The molecule has 2 heterocycles. The number of rotatable bonds is 8. The average Bonchev–Trinajstić information content (AvgIpc) is 3.77. The second-order valence-corrected chi connectivity index (χ2v) is 15.5. The van der Waals surface area contributed by atoms with Crippen molar-refractivity contribution in [3.8, 4) is 0 Å². The van der Waals surface area contributed by atoms with Gasteiger partial charge in [-0.1, -0.05) is 12.1 Å². The monoisotopic (exact) mass is 655 g/mol. The van der Waals surface area contributed by atoms with E-state index >= 15 is 4.39 Å². The van der Waals surface area contributed by atoms with Gasteiger partial charge in [0.2, 0.25) is 5.43 Å². The number of halogens is 1. The van der Waals surface area contributed by atoms with Crippen LogP contribution in [0.25, 0.3) is 10.9 Å². The highest BCUT2D eigenvalue weighted by Crippen LogP contribution is 2.60. The summed E-state index contributed by atoms with van der Waals surface area (Å²) in [5, 5.41) is 7.00.